The van der Waals surface area contributed by atoms with Gasteiger partial charge in [-0.1, -0.05) is 27.7 Å². The van der Waals surface area contributed by atoms with Crippen LogP contribution in [0.3, 0.4) is 0 Å². The van der Waals surface area contributed by atoms with Crippen LogP contribution in [0.2, 0.25) is 0 Å². The van der Waals surface area contributed by atoms with E-state index >= 15 is 0 Å². The van der Waals surface area contributed by atoms with Gasteiger partial charge in [0.15, 0.2) is 0 Å². The number of benzene rings is 2. The maximum atomic E-state index is 12.6. The van der Waals surface area contributed by atoms with Gasteiger partial charge in [0.05, 0.1) is 27.4 Å². The van der Waals surface area contributed by atoms with Gasteiger partial charge in [0.1, 0.15) is 23.6 Å². The highest BCUT2D eigenvalue weighted by atomic mass is 16.5. The first-order valence-electron chi connectivity index (χ1n) is 12.8. The number of nitrogens with one attached hydrogen (secondary N) is 2. The van der Waals surface area contributed by atoms with E-state index in [2.05, 4.69) is 10.6 Å². The number of hydrogen-bond donors (Lipinski definition) is 2. The minimum Gasteiger partial charge on any atom is -0.497 e. The summed E-state index contributed by atoms with van der Waals surface area (Å²) in [5.41, 5.74) is 0.778. The van der Waals surface area contributed by atoms with Crippen LogP contribution in [0.4, 0.5) is 0 Å². The summed E-state index contributed by atoms with van der Waals surface area (Å²) >= 11 is 0. The monoisotopic (exact) mass is 542 g/mol. The minimum absolute atomic E-state index is 0.00169. The number of esters is 2. The molecule has 0 unspecified atom stereocenters. The number of carbonyl (C=O) groups excluding carboxylic acids is 4. The van der Waals surface area contributed by atoms with Crippen LogP contribution in [0, 0.1) is 11.8 Å². The normalized spacial score (nSPS) is 12.3. The van der Waals surface area contributed by atoms with E-state index in [9.17, 15) is 19.2 Å². The molecule has 0 saturated carbocycles. The highest BCUT2D eigenvalue weighted by Gasteiger charge is 2.27. The first-order chi connectivity index (χ1) is 18.6. The van der Waals surface area contributed by atoms with Crippen molar-refractivity contribution in [3.63, 3.8) is 0 Å². The smallest absolute Gasteiger partial charge is 0.328 e. The third-order valence-corrected chi connectivity index (χ3v) is 5.90. The van der Waals surface area contributed by atoms with Crippen molar-refractivity contribution in [3.05, 3.63) is 59.7 Å². The summed E-state index contributed by atoms with van der Waals surface area (Å²) in [6.07, 6.45) is 0.256. The lowest BCUT2D eigenvalue weighted by Gasteiger charge is -2.22. The zero-order valence-corrected chi connectivity index (χ0v) is 23.3. The molecule has 2 aromatic rings. The topological polar surface area (TPSA) is 129 Å². The van der Waals surface area contributed by atoms with Crippen molar-refractivity contribution >= 4 is 23.8 Å². The van der Waals surface area contributed by atoms with Crippen LogP contribution in [0.5, 0.6) is 11.5 Å². The van der Waals surface area contributed by atoms with Crippen molar-refractivity contribution in [2.75, 3.05) is 27.4 Å². The second kappa shape index (κ2) is 15.4. The van der Waals surface area contributed by atoms with Gasteiger partial charge in [-0.25, -0.2) is 9.59 Å². The SMILES string of the molecule is COc1ccc(C(=O)N[C@@H](C(=O)OCCCOC(=O)[C@H](NC(=O)c2ccc(OC)cc2)C(C)C)C(C)C)cc1. The Kier molecular flexibility index (Phi) is 12.3. The number of amides is 2. The van der Waals surface area contributed by atoms with E-state index in [-0.39, 0.29) is 31.5 Å². The van der Waals surface area contributed by atoms with Gasteiger partial charge in [-0.05, 0) is 60.4 Å². The summed E-state index contributed by atoms with van der Waals surface area (Å²) in [5.74, 6) is -1.15. The quantitative estimate of drug-likeness (QED) is 0.275. The fraction of sp³-hybridized carbons (Fsp3) is 0.448. The van der Waals surface area contributed by atoms with E-state index in [1.807, 2.05) is 0 Å². The molecule has 0 aliphatic heterocycles. The Balaban J connectivity index is 1.81. The van der Waals surface area contributed by atoms with Crippen LogP contribution >= 0.6 is 0 Å². The summed E-state index contributed by atoms with van der Waals surface area (Å²) < 4.78 is 20.8. The lowest BCUT2D eigenvalue weighted by atomic mass is 10.0. The molecular weight excluding hydrogens is 504 g/mol. The Labute approximate surface area is 229 Å². The molecule has 0 aromatic heterocycles. The Bertz CT molecular complexity index is 1010. The second-order valence-corrected chi connectivity index (χ2v) is 9.54. The average Bonchev–Trinajstić information content (AvgIpc) is 2.93. The number of hydrogen-bond acceptors (Lipinski definition) is 8. The van der Waals surface area contributed by atoms with Gasteiger partial charge < -0.3 is 29.6 Å². The molecule has 2 rings (SSSR count). The first-order valence-corrected chi connectivity index (χ1v) is 12.8. The molecule has 10 nitrogen and oxygen atoms in total. The lowest BCUT2D eigenvalue weighted by molar-refractivity contribution is -0.149. The molecule has 10 heteroatoms. The summed E-state index contributed by atoms with van der Waals surface area (Å²) in [5, 5.41) is 5.42. The van der Waals surface area contributed by atoms with Crippen molar-refractivity contribution in [2.24, 2.45) is 11.8 Å². The van der Waals surface area contributed by atoms with Crippen molar-refractivity contribution in [2.45, 2.75) is 46.2 Å². The average molecular weight is 543 g/mol. The zero-order valence-electron chi connectivity index (χ0n) is 23.3. The van der Waals surface area contributed by atoms with Crippen LogP contribution in [-0.2, 0) is 19.1 Å². The Morgan fingerprint density at radius 2 is 0.949 bits per heavy atom. The van der Waals surface area contributed by atoms with Crippen molar-refractivity contribution in [1.29, 1.82) is 0 Å². The third kappa shape index (κ3) is 9.63. The fourth-order valence-electron chi connectivity index (χ4n) is 3.51. The van der Waals surface area contributed by atoms with Gasteiger partial charge in [0.2, 0.25) is 0 Å². The Hall–Kier alpha value is -4.08. The van der Waals surface area contributed by atoms with Gasteiger partial charge in [-0.15, -0.1) is 0 Å². The van der Waals surface area contributed by atoms with Crippen molar-refractivity contribution in [3.8, 4) is 11.5 Å². The molecule has 39 heavy (non-hydrogen) atoms. The molecule has 2 N–H and O–H groups in total. The maximum Gasteiger partial charge on any atom is 0.328 e. The molecule has 0 heterocycles. The van der Waals surface area contributed by atoms with Gasteiger partial charge >= 0.3 is 11.9 Å². The summed E-state index contributed by atoms with van der Waals surface area (Å²) in [6.45, 7) is 7.20. The number of rotatable bonds is 14. The zero-order chi connectivity index (χ0) is 28.9. The van der Waals surface area contributed by atoms with E-state index in [1.165, 1.54) is 14.2 Å². The summed E-state index contributed by atoms with van der Waals surface area (Å²) in [6, 6.07) is 11.4. The standard InChI is InChI=1S/C29H38N2O8/c1-18(2)24(30-26(32)20-8-12-22(36-5)13-9-20)28(34)38-16-7-17-39-29(35)25(19(3)4)31-27(33)21-10-14-23(37-6)15-11-21/h8-15,18-19,24-25H,7,16-17H2,1-6H3,(H,30,32)(H,31,33)/t24-,25-/m1/s1. The molecule has 0 spiro atoms. The highest BCUT2D eigenvalue weighted by molar-refractivity contribution is 5.97. The van der Waals surface area contributed by atoms with E-state index < -0.39 is 35.8 Å². The van der Waals surface area contributed by atoms with E-state index in [0.29, 0.717) is 22.6 Å². The van der Waals surface area contributed by atoms with Gasteiger partial charge in [-0.3, -0.25) is 9.59 Å². The molecule has 0 fully saturated rings. The van der Waals surface area contributed by atoms with Gasteiger partial charge in [0, 0.05) is 17.5 Å². The molecular formula is C29H38N2O8. The lowest BCUT2D eigenvalue weighted by Crippen LogP contribution is -2.45. The number of carbonyl (C=O) groups is 4. The molecule has 2 amide bonds. The van der Waals surface area contributed by atoms with Crippen LogP contribution in [-0.4, -0.2) is 63.3 Å². The van der Waals surface area contributed by atoms with Crippen LogP contribution in [0.25, 0.3) is 0 Å². The molecule has 0 saturated heterocycles. The van der Waals surface area contributed by atoms with Gasteiger partial charge in [0.25, 0.3) is 11.8 Å². The first kappa shape index (κ1) is 31.1. The molecule has 0 bridgehead atoms. The molecule has 0 aliphatic rings. The summed E-state index contributed by atoms with van der Waals surface area (Å²) in [7, 11) is 3.07. The maximum absolute atomic E-state index is 12.6. The van der Waals surface area contributed by atoms with Crippen molar-refractivity contribution < 1.29 is 38.1 Å². The largest absolute Gasteiger partial charge is 0.497 e. The van der Waals surface area contributed by atoms with Crippen LogP contribution in [0.15, 0.2) is 48.5 Å². The molecule has 2 atom stereocenters. The number of ether oxygens (including phenoxy) is 4. The highest BCUT2D eigenvalue weighted by Crippen LogP contribution is 2.14. The summed E-state index contributed by atoms with van der Waals surface area (Å²) in [4.78, 5) is 50.4. The van der Waals surface area contributed by atoms with Crippen LogP contribution in [0.1, 0.15) is 54.8 Å². The van der Waals surface area contributed by atoms with Crippen molar-refractivity contribution in [1.82, 2.24) is 10.6 Å². The fourth-order valence-corrected chi connectivity index (χ4v) is 3.51. The van der Waals surface area contributed by atoms with Crippen LogP contribution < -0.4 is 20.1 Å². The minimum atomic E-state index is -0.847. The molecule has 2 aromatic carbocycles. The molecule has 0 radical (unpaired) electrons. The van der Waals surface area contributed by atoms with Gasteiger partial charge in [-0.2, -0.15) is 0 Å². The Morgan fingerprint density at radius 1 is 0.615 bits per heavy atom. The second-order valence-electron chi connectivity index (χ2n) is 9.54. The molecule has 212 valence electrons. The molecule has 0 aliphatic carbocycles. The number of methoxy groups -OCH3 is 2. The predicted octanol–water partition coefficient (Wildman–Crippen LogP) is 3.39. The Morgan fingerprint density at radius 3 is 1.23 bits per heavy atom. The predicted molar refractivity (Wildman–Crippen MR) is 145 cm³/mol. The van der Waals surface area contributed by atoms with E-state index in [1.54, 1.807) is 76.2 Å². The third-order valence-electron chi connectivity index (χ3n) is 5.90. The van der Waals surface area contributed by atoms with E-state index in [0.717, 1.165) is 0 Å². The van der Waals surface area contributed by atoms with E-state index in [4.69, 9.17) is 18.9 Å².